The first-order valence-corrected chi connectivity index (χ1v) is 9.47. The van der Waals surface area contributed by atoms with E-state index in [0.717, 1.165) is 32.1 Å². The van der Waals surface area contributed by atoms with Crippen LogP contribution >= 0.6 is 0 Å². The number of ketones is 2. The first kappa shape index (κ1) is 15.6. The molecule has 4 aliphatic rings. The highest BCUT2D eigenvalue weighted by molar-refractivity contribution is 5.92. The standard InChI is InChI=1S/C21H30O2/c1-19(2)12-14(22)11-13-5-6-15-16-7-8-18(23)20(16,3)10-9-17(15)21(13,19)4/h11,15-17H,5-10,12H2,1-4H3/t15-,16-,17-,20-,21-/m0/s1. The first-order chi connectivity index (χ1) is 10.7. The normalized spacial score (nSPS) is 48.3. The average molecular weight is 314 g/mol. The lowest BCUT2D eigenvalue weighted by Gasteiger charge is -2.62. The number of hydrogen-bond donors (Lipinski definition) is 0. The van der Waals surface area contributed by atoms with Gasteiger partial charge in [-0.2, -0.15) is 0 Å². The van der Waals surface area contributed by atoms with Crippen molar-refractivity contribution in [1.82, 2.24) is 0 Å². The largest absolute Gasteiger partial charge is 0.299 e. The van der Waals surface area contributed by atoms with E-state index in [-0.39, 0.29) is 16.2 Å². The van der Waals surface area contributed by atoms with E-state index < -0.39 is 0 Å². The summed E-state index contributed by atoms with van der Waals surface area (Å²) in [6, 6.07) is 0. The summed E-state index contributed by atoms with van der Waals surface area (Å²) in [7, 11) is 0. The van der Waals surface area contributed by atoms with Crippen molar-refractivity contribution in [1.29, 1.82) is 0 Å². The minimum Gasteiger partial charge on any atom is -0.299 e. The molecule has 5 atom stereocenters. The van der Waals surface area contributed by atoms with E-state index in [1.807, 2.05) is 6.08 Å². The van der Waals surface area contributed by atoms with Crippen LogP contribution in [0.5, 0.6) is 0 Å². The third kappa shape index (κ3) is 1.81. The van der Waals surface area contributed by atoms with E-state index in [1.54, 1.807) is 0 Å². The van der Waals surface area contributed by atoms with Gasteiger partial charge in [-0.05, 0) is 66.8 Å². The molecule has 0 saturated heterocycles. The van der Waals surface area contributed by atoms with Gasteiger partial charge in [-0.1, -0.05) is 33.3 Å². The van der Waals surface area contributed by atoms with E-state index in [0.29, 0.717) is 35.7 Å². The van der Waals surface area contributed by atoms with Crippen molar-refractivity contribution in [2.75, 3.05) is 0 Å². The Morgan fingerprint density at radius 2 is 1.70 bits per heavy atom. The molecule has 0 heterocycles. The lowest BCUT2D eigenvalue weighted by atomic mass is 9.42. The van der Waals surface area contributed by atoms with Gasteiger partial charge in [-0.15, -0.1) is 0 Å². The highest BCUT2D eigenvalue weighted by Gasteiger charge is 2.62. The highest BCUT2D eigenvalue weighted by atomic mass is 16.1. The Morgan fingerprint density at radius 3 is 2.43 bits per heavy atom. The molecule has 0 unspecified atom stereocenters. The second kappa shape index (κ2) is 4.58. The van der Waals surface area contributed by atoms with Gasteiger partial charge in [-0.3, -0.25) is 9.59 Å². The molecule has 2 heteroatoms. The van der Waals surface area contributed by atoms with Crippen LogP contribution < -0.4 is 0 Å². The number of Topliss-reactive ketones (excluding diaryl/α,β-unsaturated/α-hetero) is 1. The Balaban J connectivity index is 1.77. The monoisotopic (exact) mass is 314 g/mol. The van der Waals surface area contributed by atoms with Crippen LogP contribution in [0.15, 0.2) is 11.6 Å². The van der Waals surface area contributed by atoms with Crippen LogP contribution in [-0.2, 0) is 9.59 Å². The molecule has 0 aromatic heterocycles. The summed E-state index contributed by atoms with van der Waals surface area (Å²) in [5, 5.41) is 0. The van der Waals surface area contributed by atoms with E-state index in [1.165, 1.54) is 12.0 Å². The van der Waals surface area contributed by atoms with Crippen molar-refractivity contribution in [3.63, 3.8) is 0 Å². The fraction of sp³-hybridized carbons (Fsp3) is 0.810. The second-order valence-electron chi connectivity index (χ2n) is 9.73. The fourth-order valence-electron chi connectivity index (χ4n) is 7.02. The molecule has 0 N–H and O–H groups in total. The molecular weight excluding hydrogens is 284 g/mol. The van der Waals surface area contributed by atoms with Crippen LogP contribution in [0.1, 0.15) is 72.6 Å². The predicted octanol–water partition coefficient (Wildman–Crippen LogP) is 4.72. The number of hydrogen-bond acceptors (Lipinski definition) is 2. The summed E-state index contributed by atoms with van der Waals surface area (Å²) in [6.07, 6.45) is 9.03. The highest BCUT2D eigenvalue weighted by Crippen LogP contribution is 2.68. The molecule has 0 aromatic rings. The molecule has 4 rings (SSSR count). The van der Waals surface area contributed by atoms with Crippen LogP contribution in [-0.4, -0.2) is 11.6 Å². The summed E-state index contributed by atoms with van der Waals surface area (Å²) >= 11 is 0. The van der Waals surface area contributed by atoms with E-state index in [4.69, 9.17) is 0 Å². The molecule has 0 spiro atoms. The number of rotatable bonds is 0. The number of allylic oxidation sites excluding steroid dienone is 1. The summed E-state index contributed by atoms with van der Waals surface area (Å²) in [5.74, 6) is 2.74. The van der Waals surface area contributed by atoms with Gasteiger partial charge in [-0.25, -0.2) is 0 Å². The van der Waals surface area contributed by atoms with Gasteiger partial charge in [0.15, 0.2) is 5.78 Å². The predicted molar refractivity (Wildman–Crippen MR) is 90.9 cm³/mol. The summed E-state index contributed by atoms with van der Waals surface area (Å²) in [5.41, 5.74) is 1.53. The van der Waals surface area contributed by atoms with Gasteiger partial charge >= 0.3 is 0 Å². The molecule has 0 aromatic carbocycles. The van der Waals surface area contributed by atoms with Crippen molar-refractivity contribution >= 4 is 11.6 Å². The molecule has 2 nitrogen and oxygen atoms in total. The summed E-state index contributed by atoms with van der Waals surface area (Å²) in [6.45, 7) is 9.27. The molecule has 126 valence electrons. The molecule has 0 amide bonds. The Hall–Kier alpha value is -0.920. The third-order valence-corrected chi connectivity index (χ3v) is 8.66. The van der Waals surface area contributed by atoms with Crippen LogP contribution in [0, 0.1) is 34.0 Å². The zero-order valence-electron chi connectivity index (χ0n) is 15.1. The minimum absolute atomic E-state index is 0.0356. The molecule has 0 radical (unpaired) electrons. The Kier molecular flexibility index (Phi) is 3.11. The Morgan fingerprint density at radius 1 is 0.957 bits per heavy atom. The maximum atomic E-state index is 12.5. The van der Waals surface area contributed by atoms with Crippen molar-refractivity contribution in [3.8, 4) is 0 Å². The van der Waals surface area contributed by atoms with Crippen LogP contribution in [0.25, 0.3) is 0 Å². The lowest BCUT2D eigenvalue weighted by molar-refractivity contribution is -0.137. The minimum atomic E-state index is -0.0482. The Labute approximate surface area is 140 Å². The smallest absolute Gasteiger partial charge is 0.156 e. The number of fused-ring (bicyclic) bond motifs is 5. The summed E-state index contributed by atoms with van der Waals surface area (Å²) < 4.78 is 0. The van der Waals surface area contributed by atoms with Crippen LogP contribution in [0.3, 0.4) is 0 Å². The van der Waals surface area contributed by atoms with Gasteiger partial charge in [0.1, 0.15) is 5.78 Å². The molecule has 3 saturated carbocycles. The van der Waals surface area contributed by atoms with Crippen molar-refractivity contribution < 1.29 is 9.59 Å². The van der Waals surface area contributed by atoms with Crippen LogP contribution in [0.4, 0.5) is 0 Å². The molecule has 0 aliphatic heterocycles. The molecule has 3 fully saturated rings. The van der Waals surface area contributed by atoms with Gasteiger partial charge in [0.05, 0.1) is 0 Å². The number of carbonyl (C=O) groups is 2. The van der Waals surface area contributed by atoms with E-state index in [2.05, 4.69) is 27.7 Å². The van der Waals surface area contributed by atoms with Gasteiger partial charge in [0.2, 0.25) is 0 Å². The third-order valence-electron chi connectivity index (χ3n) is 8.66. The van der Waals surface area contributed by atoms with Gasteiger partial charge in [0.25, 0.3) is 0 Å². The van der Waals surface area contributed by atoms with Crippen LogP contribution in [0.2, 0.25) is 0 Å². The van der Waals surface area contributed by atoms with Gasteiger partial charge in [0, 0.05) is 18.3 Å². The molecule has 0 bridgehead atoms. The topological polar surface area (TPSA) is 34.1 Å². The average Bonchev–Trinajstić information content (AvgIpc) is 2.76. The van der Waals surface area contributed by atoms with Crippen molar-refractivity contribution in [2.45, 2.75) is 72.6 Å². The first-order valence-electron chi connectivity index (χ1n) is 9.47. The molecule has 23 heavy (non-hydrogen) atoms. The fourth-order valence-corrected chi connectivity index (χ4v) is 7.02. The maximum absolute atomic E-state index is 12.5. The zero-order valence-corrected chi connectivity index (χ0v) is 15.1. The zero-order chi connectivity index (χ0) is 16.6. The quantitative estimate of drug-likeness (QED) is 0.648. The molecule has 4 aliphatic carbocycles. The number of carbonyl (C=O) groups excluding carboxylic acids is 2. The SMILES string of the molecule is CC1(C)CC(=O)C=C2CC[C@@H]3[C@H](CC[C@]4(C)C(=O)CC[C@@H]34)[C@]21C. The maximum Gasteiger partial charge on any atom is 0.156 e. The van der Waals surface area contributed by atoms with Gasteiger partial charge < -0.3 is 0 Å². The Bertz CT molecular complexity index is 613. The van der Waals surface area contributed by atoms with E-state index in [9.17, 15) is 9.59 Å². The summed E-state index contributed by atoms with van der Waals surface area (Å²) in [4.78, 5) is 24.7. The van der Waals surface area contributed by atoms with Crippen molar-refractivity contribution in [3.05, 3.63) is 11.6 Å². The lowest BCUT2D eigenvalue weighted by Crippen LogP contribution is -2.56. The second-order valence-corrected chi connectivity index (χ2v) is 9.73. The van der Waals surface area contributed by atoms with E-state index >= 15 is 0 Å². The molecular formula is C21H30O2. The van der Waals surface area contributed by atoms with Crippen molar-refractivity contribution in [2.24, 2.45) is 34.0 Å².